The van der Waals surface area contributed by atoms with Crippen molar-refractivity contribution in [2.75, 3.05) is 0 Å². The van der Waals surface area contributed by atoms with Crippen LogP contribution >= 0.6 is 11.6 Å². The van der Waals surface area contributed by atoms with Gasteiger partial charge in [0.15, 0.2) is 17.8 Å². The zero-order valence-electron chi connectivity index (χ0n) is 10.6. The Kier molecular flexibility index (Phi) is 2.99. The Hall–Kier alpha value is -1.50. The van der Waals surface area contributed by atoms with Crippen LogP contribution in [0.5, 0.6) is 0 Å². The highest BCUT2D eigenvalue weighted by Gasteiger charge is 2.84. The van der Waals surface area contributed by atoms with Gasteiger partial charge in [0.1, 0.15) is 0 Å². The predicted molar refractivity (Wildman–Crippen MR) is 65.7 cm³/mol. The first-order valence-corrected chi connectivity index (χ1v) is 6.54. The third-order valence-corrected chi connectivity index (χ3v) is 4.61. The summed E-state index contributed by atoms with van der Waals surface area (Å²) in [6.07, 6.45) is -3.22. The van der Waals surface area contributed by atoms with E-state index < -0.39 is 46.0 Å². The van der Waals surface area contributed by atoms with Crippen LogP contribution in [0.2, 0.25) is 0 Å². The maximum Gasteiger partial charge on any atom is 0.288 e. The van der Waals surface area contributed by atoms with Crippen molar-refractivity contribution in [1.82, 2.24) is 0 Å². The molecule has 0 spiro atoms. The zero-order chi connectivity index (χ0) is 16.5. The minimum absolute atomic E-state index is 0.317. The molecule has 0 aliphatic heterocycles. The molecular weight excluding hydrogens is 334 g/mol. The number of hydrogen-bond donors (Lipinski definition) is 0. The molecule has 1 aromatic rings. The molecule has 1 nitrogen and oxygen atoms in total. The lowest BCUT2D eigenvalue weighted by molar-refractivity contribution is -0.174. The van der Waals surface area contributed by atoms with E-state index in [-0.39, 0.29) is 5.56 Å². The second kappa shape index (κ2) is 4.28. The SMILES string of the molecule is O=C1[C@@]2(F)C(F)=C(F)[C@](F)([C@@H](F)[C@@H]2c2ccccc2)[C@@]1(F)Cl. The van der Waals surface area contributed by atoms with E-state index in [0.717, 1.165) is 12.1 Å². The lowest BCUT2D eigenvalue weighted by Gasteiger charge is -2.52. The lowest BCUT2D eigenvalue weighted by atomic mass is 9.59. The molecule has 0 amide bonds. The quantitative estimate of drug-likeness (QED) is 0.554. The Bertz CT molecular complexity index is 690. The largest absolute Gasteiger partial charge is 0.290 e. The first kappa shape index (κ1) is 15.4. The summed E-state index contributed by atoms with van der Waals surface area (Å²) in [5, 5.41) is -4.37. The number of halogens is 7. The van der Waals surface area contributed by atoms with E-state index >= 15 is 0 Å². The van der Waals surface area contributed by atoms with Crippen molar-refractivity contribution in [3.8, 4) is 0 Å². The van der Waals surface area contributed by atoms with Gasteiger partial charge >= 0.3 is 0 Å². The van der Waals surface area contributed by atoms with Gasteiger partial charge in [0, 0.05) is 0 Å². The molecule has 2 bridgehead atoms. The molecule has 22 heavy (non-hydrogen) atoms. The van der Waals surface area contributed by atoms with Crippen LogP contribution in [0.4, 0.5) is 26.3 Å². The number of carbonyl (C=O) groups is 1. The number of carbonyl (C=O) groups excluding carboxylic acids is 1. The molecule has 0 radical (unpaired) electrons. The van der Waals surface area contributed by atoms with Gasteiger partial charge in [-0.1, -0.05) is 41.9 Å². The van der Waals surface area contributed by atoms with E-state index in [2.05, 4.69) is 0 Å². The third-order valence-electron chi connectivity index (χ3n) is 4.16. The average Bonchev–Trinajstić information content (AvgIpc) is 2.50. The molecule has 0 aromatic heterocycles. The second-order valence-electron chi connectivity index (χ2n) is 5.25. The van der Waals surface area contributed by atoms with Crippen LogP contribution in [0.15, 0.2) is 42.0 Å². The highest BCUT2D eigenvalue weighted by molar-refractivity contribution is 6.37. The number of ketones is 1. The highest BCUT2D eigenvalue weighted by Crippen LogP contribution is 2.65. The molecule has 5 atom stereocenters. The molecule has 0 heterocycles. The fourth-order valence-electron chi connectivity index (χ4n) is 3.01. The van der Waals surface area contributed by atoms with Crippen LogP contribution in [-0.2, 0) is 4.79 Å². The molecule has 0 unspecified atom stereocenters. The highest BCUT2D eigenvalue weighted by atomic mass is 35.5. The summed E-state index contributed by atoms with van der Waals surface area (Å²) >= 11 is 4.95. The van der Waals surface area contributed by atoms with Crippen LogP contribution < -0.4 is 0 Å². The number of allylic oxidation sites excluding steroid dienone is 2. The third kappa shape index (κ3) is 1.41. The van der Waals surface area contributed by atoms with Gasteiger partial charge in [0.25, 0.3) is 10.8 Å². The maximum absolute atomic E-state index is 14.9. The van der Waals surface area contributed by atoms with Crippen molar-refractivity contribution in [2.45, 2.75) is 28.6 Å². The topological polar surface area (TPSA) is 17.1 Å². The zero-order valence-corrected chi connectivity index (χ0v) is 11.4. The Balaban J connectivity index is 2.34. The molecular formula is C14H7ClF6O. The summed E-state index contributed by atoms with van der Waals surface area (Å²) in [4.78, 5) is 11.8. The summed E-state index contributed by atoms with van der Waals surface area (Å²) < 4.78 is 85.5. The van der Waals surface area contributed by atoms with E-state index in [1.54, 1.807) is 0 Å². The fourth-order valence-corrected chi connectivity index (χ4v) is 3.34. The Morgan fingerprint density at radius 2 is 1.55 bits per heavy atom. The van der Waals surface area contributed by atoms with Crippen LogP contribution in [0, 0.1) is 0 Å². The van der Waals surface area contributed by atoms with E-state index in [1.807, 2.05) is 0 Å². The molecule has 3 aliphatic rings. The first-order valence-electron chi connectivity index (χ1n) is 6.17. The van der Waals surface area contributed by atoms with Crippen molar-refractivity contribution in [2.24, 2.45) is 0 Å². The Morgan fingerprint density at radius 1 is 1.00 bits per heavy atom. The van der Waals surface area contributed by atoms with Crippen molar-refractivity contribution < 1.29 is 31.1 Å². The molecule has 1 fully saturated rings. The van der Waals surface area contributed by atoms with Gasteiger partial charge in [-0.2, -0.15) is 0 Å². The fraction of sp³-hybridized carbons (Fsp3) is 0.357. The molecule has 0 saturated heterocycles. The molecule has 8 heteroatoms. The van der Waals surface area contributed by atoms with Gasteiger partial charge in [-0.05, 0) is 5.56 Å². The van der Waals surface area contributed by atoms with E-state index in [4.69, 9.17) is 11.6 Å². The summed E-state index contributed by atoms with van der Waals surface area (Å²) in [5.74, 6) is -9.90. The number of hydrogen-bond acceptors (Lipinski definition) is 1. The van der Waals surface area contributed by atoms with Gasteiger partial charge in [-0.3, -0.25) is 4.79 Å². The molecule has 118 valence electrons. The average molecular weight is 341 g/mol. The molecule has 0 N–H and O–H groups in total. The normalized spacial score (nSPS) is 44.6. The van der Waals surface area contributed by atoms with Crippen molar-refractivity contribution >= 4 is 17.4 Å². The van der Waals surface area contributed by atoms with Crippen LogP contribution in [-0.4, -0.2) is 28.4 Å². The maximum atomic E-state index is 14.9. The molecule has 1 aromatic carbocycles. The van der Waals surface area contributed by atoms with Gasteiger partial charge < -0.3 is 0 Å². The van der Waals surface area contributed by atoms with Gasteiger partial charge in [0.05, 0.1) is 5.92 Å². The van der Waals surface area contributed by atoms with Crippen molar-refractivity contribution in [1.29, 1.82) is 0 Å². The van der Waals surface area contributed by atoms with Gasteiger partial charge in [0.2, 0.25) is 11.5 Å². The predicted octanol–water partition coefficient (Wildman–Crippen LogP) is 4.18. The van der Waals surface area contributed by atoms with Crippen molar-refractivity contribution in [3.05, 3.63) is 47.5 Å². The lowest BCUT2D eigenvalue weighted by Crippen LogP contribution is -2.74. The Labute approximate surface area is 125 Å². The number of fused-ring (bicyclic) bond motifs is 2. The minimum Gasteiger partial charge on any atom is -0.290 e. The monoisotopic (exact) mass is 340 g/mol. The summed E-state index contributed by atoms with van der Waals surface area (Å²) in [6.45, 7) is 0. The summed E-state index contributed by atoms with van der Waals surface area (Å²) in [5.41, 5.74) is -8.79. The van der Waals surface area contributed by atoms with E-state index in [1.165, 1.54) is 18.2 Å². The molecule has 3 aliphatic carbocycles. The van der Waals surface area contributed by atoms with Gasteiger partial charge in [-0.25, -0.2) is 26.3 Å². The molecule has 1 saturated carbocycles. The van der Waals surface area contributed by atoms with E-state index in [9.17, 15) is 31.1 Å². The Morgan fingerprint density at radius 3 is 2.09 bits per heavy atom. The summed E-state index contributed by atoms with van der Waals surface area (Å²) in [7, 11) is 0. The van der Waals surface area contributed by atoms with E-state index in [0.29, 0.717) is 0 Å². The molecule has 4 rings (SSSR count). The second-order valence-corrected chi connectivity index (χ2v) is 5.77. The number of Topliss-reactive ketones (excluding diaryl/α,β-unsaturated/α-hetero) is 1. The smallest absolute Gasteiger partial charge is 0.288 e. The number of alkyl halides is 5. The standard InChI is InChI=1S/C14H7ClF6O/c15-14(21)11(22)12(19)7(6-4-2-1-3-5-6)8(16)13(14,20)10(18)9(12)17/h1-5,7-8H/t7-,8-,12-,13+,14+/m0/s1. The van der Waals surface area contributed by atoms with Crippen molar-refractivity contribution in [3.63, 3.8) is 0 Å². The van der Waals surface area contributed by atoms with Crippen LogP contribution in [0.3, 0.4) is 0 Å². The first-order chi connectivity index (χ1) is 10.1. The minimum atomic E-state index is -4.43. The van der Waals surface area contributed by atoms with Gasteiger partial charge in [-0.15, -0.1) is 0 Å². The number of benzene rings is 1. The van der Waals surface area contributed by atoms with Crippen LogP contribution in [0.25, 0.3) is 0 Å². The van der Waals surface area contributed by atoms with Crippen LogP contribution in [0.1, 0.15) is 11.5 Å². The summed E-state index contributed by atoms with van der Waals surface area (Å²) in [6, 6.07) is 6.23. The number of rotatable bonds is 1.